The fourth-order valence-corrected chi connectivity index (χ4v) is 3.22. The van der Waals surface area contributed by atoms with Crippen LogP contribution in [0.5, 0.6) is 5.75 Å². The minimum Gasteiger partial charge on any atom is -0.494 e. The Morgan fingerprint density at radius 3 is 2.70 bits per heavy atom. The standard InChI is InChI=1S/C20H23NO2/c1-21(19-14-13-16-8-5-6-11-18(16)19)20(22)12-7-15-23-17-9-3-2-4-10-17/h2-6,8-11,19H,7,12-15H2,1H3. The van der Waals surface area contributed by atoms with Crippen LogP contribution in [0, 0.1) is 0 Å². The van der Waals surface area contributed by atoms with E-state index in [9.17, 15) is 4.79 Å². The lowest BCUT2D eigenvalue weighted by molar-refractivity contribution is -0.132. The zero-order valence-corrected chi connectivity index (χ0v) is 13.6. The number of hydrogen-bond acceptors (Lipinski definition) is 2. The second kappa shape index (κ2) is 7.32. The van der Waals surface area contributed by atoms with Crippen LogP contribution in [-0.2, 0) is 11.2 Å². The van der Waals surface area contributed by atoms with E-state index >= 15 is 0 Å². The molecule has 3 heteroatoms. The van der Waals surface area contributed by atoms with Crippen molar-refractivity contribution in [1.29, 1.82) is 0 Å². The molecule has 0 bridgehead atoms. The molecule has 2 aromatic carbocycles. The summed E-state index contributed by atoms with van der Waals surface area (Å²) in [7, 11) is 1.92. The van der Waals surface area contributed by atoms with Crippen LogP contribution in [0.2, 0.25) is 0 Å². The average Bonchev–Trinajstić information content (AvgIpc) is 3.03. The second-order valence-corrected chi connectivity index (χ2v) is 6.02. The van der Waals surface area contributed by atoms with Crippen molar-refractivity contribution in [2.75, 3.05) is 13.7 Å². The normalized spacial score (nSPS) is 16.0. The van der Waals surface area contributed by atoms with Crippen molar-refractivity contribution in [3.8, 4) is 5.75 Å². The molecular formula is C20H23NO2. The summed E-state index contributed by atoms with van der Waals surface area (Å²) in [5.74, 6) is 1.06. The molecule has 0 radical (unpaired) electrons. The minimum absolute atomic E-state index is 0.198. The van der Waals surface area contributed by atoms with E-state index in [1.165, 1.54) is 11.1 Å². The van der Waals surface area contributed by atoms with Gasteiger partial charge in [-0.05, 0) is 42.5 Å². The molecule has 1 unspecified atom stereocenters. The Balaban J connectivity index is 1.47. The highest BCUT2D eigenvalue weighted by atomic mass is 16.5. The van der Waals surface area contributed by atoms with Crippen molar-refractivity contribution >= 4 is 5.91 Å². The van der Waals surface area contributed by atoms with Gasteiger partial charge >= 0.3 is 0 Å². The van der Waals surface area contributed by atoms with Gasteiger partial charge in [-0.2, -0.15) is 0 Å². The van der Waals surface area contributed by atoms with Gasteiger partial charge in [0.15, 0.2) is 0 Å². The lowest BCUT2D eigenvalue weighted by Gasteiger charge is -2.25. The van der Waals surface area contributed by atoms with E-state index in [0.29, 0.717) is 13.0 Å². The number of para-hydroxylation sites is 1. The van der Waals surface area contributed by atoms with Gasteiger partial charge in [0.2, 0.25) is 5.91 Å². The van der Waals surface area contributed by atoms with Crippen molar-refractivity contribution in [2.24, 2.45) is 0 Å². The summed E-state index contributed by atoms with van der Waals surface area (Å²) in [5.41, 5.74) is 2.69. The molecule has 0 fully saturated rings. The summed E-state index contributed by atoms with van der Waals surface area (Å²) >= 11 is 0. The fourth-order valence-electron chi connectivity index (χ4n) is 3.22. The van der Waals surface area contributed by atoms with Gasteiger partial charge in [-0.1, -0.05) is 42.5 Å². The van der Waals surface area contributed by atoms with Crippen LogP contribution >= 0.6 is 0 Å². The third-order valence-corrected chi connectivity index (χ3v) is 4.51. The molecule has 120 valence electrons. The van der Waals surface area contributed by atoms with Crippen LogP contribution in [-0.4, -0.2) is 24.5 Å². The zero-order chi connectivity index (χ0) is 16.1. The molecule has 1 aliphatic carbocycles. The summed E-state index contributed by atoms with van der Waals surface area (Å²) in [5, 5.41) is 0. The Hall–Kier alpha value is -2.29. The predicted molar refractivity (Wildman–Crippen MR) is 91.4 cm³/mol. The number of aryl methyl sites for hydroxylation is 1. The molecule has 3 rings (SSSR count). The van der Waals surface area contributed by atoms with Crippen molar-refractivity contribution in [2.45, 2.75) is 31.7 Å². The highest BCUT2D eigenvalue weighted by Crippen LogP contribution is 2.35. The Morgan fingerprint density at radius 2 is 1.87 bits per heavy atom. The molecule has 0 N–H and O–H groups in total. The summed E-state index contributed by atoms with van der Waals surface area (Å²) in [6.45, 7) is 0.574. The number of carbonyl (C=O) groups excluding carboxylic acids is 1. The number of benzene rings is 2. The van der Waals surface area contributed by atoms with E-state index in [1.54, 1.807) is 0 Å². The largest absolute Gasteiger partial charge is 0.494 e. The van der Waals surface area contributed by atoms with Crippen LogP contribution in [0.1, 0.15) is 36.4 Å². The van der Waals surface area contributed by atoms with Gasteiger partial charge in [0, 0.05) is 13.5 Å². The molecule has 2 aromatic rings. The van der Waals surface area contributed by atoms with E-state index in [2.05, 4.69) is 24.3 Å². The first-order valence-electron chi connectivity index (χ1n) is 8.27. The molecule has 3 nitrogen and oxygen atoms in total. The molecule has 23 heavy (non-hydrogen) atoms. The number of amides is 1. The lowest BCUT2D eigenvalue weighted by atomic mass is 10.1. The van der Waals surface area contributed by atoms with E-state index < -0.39 is 0 Å². The second-order valence-electron chi connectivity index (χ2n) is 6.02. The quantitative estimate of drug-likeness (QED) is 0.755. The minimum atomic E-state index is 0.198. The number of carbonyl (C=O) groups is 1. The molecule has 1 atom stereocenters. The van der Waals surface area contributed by atoms with Crippen molar-refractivity contribution < 1.29 is 9.53 Å². The third-order valence-electron chi connectivity index (χ3n) is 4.51. The van der Waals surface area contributed by atoms with E-state index in [0.717, 1.165) is 25.0 Å². The predicted octanol–water partition coefficient (Wildman–Crippen LogP) is 3.99. The van der Waals surface area contributed by atoms with Crippen LogP contribution < -0.4 is 4.74 Å². The number of nitrogens with zero attached hydrogens (tertiary/aromatic N) is 1. The van der Waals surface area contributed by atoms with Gasteiger partial charge in [-0.3, -0.25) is 4.79 Å². The molecule has 0 aliphatic heterocycles. The first-order chi connectivity index (χ1) is 11.3. The van der Waals surface area contributed by atoms with Crippen LogP contribution in [0.4, 0.5) is 0 Å². The number of fused-ring (bicyclic) bond motifs is 1. The third kappa shape index (κ3) is 3.73. The van der Waals surface area contributed by atoms with Crippen molar-refractivity contribution in [3.63, 3.8) is 0 Å². The first kappa shape index (κ1) is 15.6. The Morgan fingerprint density at radius 1 is 1.13 bits per heavy atom. The average molecular weight is 309 g/mol. The number of hydrogen-bond donors (Lipinski definition) is 0. The van der Waals surface area contributed by atoms with E-state index in [4.69, 9.17) is 4.74 Å². The van der Waals surface area contributed by atoms with Crippen LogP contribution in [0.15, 0.2) is 54.6 Å². The highest BCUT2D eigenvalue weighted by molar-refractivity contribution is 5.76. The maximum atomic E-state index is 12.4. The molecule has 0 saturated carbocycles. The molecule has 1 amide bonds. The summed E-state index contributed by atoms with van der Waals surface area (Å²) in [4.78, 5) is 14.3. The van der Waals surface area contributed by atoms with Crippen molar-refractivity contribution in [3.05, 3.63) is 65.7 Å². The monoisotopic (exact) mass is 309 g/mol. The Kier molecular flexibility index (Phi) is 4.96. The van der Waals surface area contributed by atoms with E-state index in [1.807, 2.05) is 42.3 Å². The molecule has 1 aliphatic rings. The Bertz CT molecular complexity index is 654. The van der Waals surface area contributed by atoms with Gasteiger partial charge in [0.25, 0.3) is 0 Å². The maximum Gasteiger partial charge on any atom is 0.222 e. The highest BCUT2D eigenvalue weighted by Gasteiger charge is 2.27. The molecule has 0 saturated heterocycles. The lowest BCUT2D eigenvalue weighted by Crippen LogP contribution is -2.30. The summed E-state index contributed by atoms with van der Waals surface area (Å²) < 4.78 is 5.65. The van der Waals surface area contributed by atoms with Crippen LogP contribution in [0.3, 0.4) is 0 Å². The fraction of sp³-hybridized carbons (Fsp3) is 0.350. The molecule has 0 spiro atoms. The summed E-state index contributed by atoms with van der Waals surface area (Å²) in [6, 6.07) is 18.4. The number of rotatable bonds is 6. The molecular weight excluding hydrogens is 286 g/mol. The first-order valence-corrected chi connectivity index (χ1v) is 8.27. The van der Waals surface area contributed by atoms with Gasteiger partial charge in [-0.25, -0.2) is 0 Å². The summed E-state index contributed by atoms with van der Waals surface area (Å²) in [6.07, 6.45) is 3.37. The van der Waals surface area contributed by atoms with Gasteiger partial charge < -0.3 is 9.64 Å². The SMILES string of the molecule is CN(C(=O)CCCOc1ccccc1)C1CCc2ccccc21. The van der Waals surface area contributed by atoms with Crippen LogP contribution in [0.25, 0.3) is 0 Å². The maximum absolute atomic E-state index is 12.4. The number of ether oxygens (including phenoxy) is 1. The van der Waals surface area contributed by atoms with Gasteiger partial charge in [-0.15, -0.1) is 0 Å². The zero-order valence-electron chi connectivity index (χ0n) is 13.6. The van der Waals surface area contributed by atoms with Gasteiger partial charge in [0.05, 0.1) is 12.6 Å². The van der Waals surface area contributed by atoms with E-state index in [-0.39, 0.29) is 11.9 Å². The Labute approximate surface area is 137 Å². The molecule has 0 aromatic heterocycles. The molecule has 0 heterocycles. The van der Waals surface area contributed by atoms with Gasteiger partial charge in [0.1, 0.15) is 5.75 Å². The topological polar surface area (TPSA) is 29.5 Å². The van der Waals surface area contributed by atoms with Crippen molar-refractivity contribution in [1.82, 2.24) is 4.90 Å². The smallest absolute Gasteiger partial charge is 0.222 e.